The van der Waals surface area contributed by atoms with Crippen LogP contribution >= 0.6 is 11.6 Å². The molecule has 0 amide bonds. The van der Waals surface area contributed by atoms with E-state index < -0.39 is 9.84 Å². The zero-order chi connectivity index (χ0) is 23.9. The van der Waals surface area contributed by atoms with Gasteiger partial charge in [-0.05, 0) is 37.3 Å². The van der Waals surface area contributed by atoms with E-state index in [1.165, 1.54) is 6.07 Å². The largest absolute Gasteiger partial charge is 0.382 e. The fourth-order valence-corrected chi connectivity index (χ4v) is 4.31. The molecule has 12 heteroatoms. The molecular weight excluding hydrogens is 464 g/mol. The van der Waals surface area contributed by atoms with Gasteiger partial charge in [0.05, 0.1) is 10.9 Å². The first-order chi connectivity index (χ1) is 15.6. The number of hydrogen-bond donors (Lipinski definition) is 3. The van der Waals surface area contributed by atoms with Crippen LogP contribution in [-0.4, -0.2) is 34.2 Å². The Morgan fingerprint density at radius 3 is 2.64 bits per heavy atom. The molecule has 33 heavy (non-hydrogen) atoms. The van der Waals surface area contributed by atoms with Gasteiger partial charge in [0.1, 0.15) is 28.3 Å². The van der Waals surface area contributed by atoms with Crippen molar-refractivity contribution in [3.05, 3.63) is 58.9 Å². The molecule has 0 fully saturated rings. The van der Waals surface area contributed by atoms with E-state index in [0.29, 0.717) is 11.3 Å². The predicted molar refractivity (Wildman–Crippen MR) is 127 cm³/mol. The van der Waals surface area contributed by atoms with E-state index in [4.69, 9.17) is 23.1 Å². The molecule has 168 valence electrons. The molecule has 3 aromatic heterocycles. The van der Waals surface area contributed by atoms with Gasteiger partial charge in [0.15, 0.2) is 15.7 Å². The van der Waals surface area contributed by atoms with Crippen LogP contribution in [0.2, 0.25) is 5.15 Å². The molecule has 0 bridgehead atoms. The van der Waals surface area contributed by atoms with Crippen LogP contribution < -0.4 is 16.8 Å². The van der Waals surface area contributed by atoms with Crippen molar-refractivity contribution in [2.24, 2.45) is 0 Å². The maximum absolute atomic E-state index is 12.1. The second-order valence-corrected chi connectivity index (χ2v) is 9.80. The Balaban J connectivity index is 1.85. The first-order valence-electron chi connectivity index (χ1n) is 9.66. The first-order valence-corrected chi connectivity index (χ1v) is 11.9. The molecule has 0 radical (unpaired) electrons. The molecule has 1 aromatic carbocycles. The van der Waals surface area contributed by atoms with Crippen molar-refractivity contribution in [2.45, 2.75) is 17.9 Å². The van der Waals surface area contributed by atoms with Crippen molar-refractivity contribution >= 4 is 50.1 Å². The van der Waals surface area contributed by atoms with Crippen LogP contribution in [-0.2, 0) is 9.84 Å². The van der Waals surface area contributed by atoms with Crippen LogP contribution in [0.5, 0.6) is 0 Å². The van der Waals surface area contributed by atoms with Crippen LogP contribution in [0.25, 0.3) is 16.7 Å². The van der Waals surface area contributed by atoms with E-state index in [1.54, 1.807) is 28.8 Å². The summed E-state index contributed by atoms with van der Waals surface area (Å²) in [5.41, 5.74) is 13.5. The van der Waals surface area contributed by atoms with Crippen LogP contribution in [0, 0.1) is 11.3 Å². The number of anilines is 3. The first kappa shape index (κ1) is 22.3. The molecule has 0 aliphatic rings. The number of aromatic nitrogens is 4. The summed E-state index contributed by atoms with van der Waals surface area (Å²) in [6.07, 6.45) is 2.98. The summed E-state index contributed by atoms with van der Waals surface area (Å²) in [4.78, 5) is 12.6. The van der Waals surface area contributed by atoms with Gasteiger partial charge in [-0.2, -0.15) is 15.2 Å². The predicted octanol–water partition coefficient (Wildman–Crippen LogP) is 3.08. The number of nitrogens with two attached hydrogens (primary N) is 2. The molecule has 5 N–H and O–H groups in total. The highest BCUT2D eigenvalue weighted by Gasteiger charge is 2.20. The van der Waals surface area contributed by atoms with E-state index in [1.807, 2.05) is 25.3 Å². The average Bonchev–Trinajstić information content (AvgIpc) is 3.12. The number of nitrogens with zero attached hydrogens (tertiary/aromatic N) is 5. The number of hydrogen-bond acceptors (Lipinski definition) is 9. The minimum Gasteiger partial charge on any atom is -0.382 e. The Morgan fingerprint density at radius 1 is 1.18 bits per heavy atom. The SMILES string of the molecule is C[C@H](Nc1nc(N)nc(N)c1C#N)c1cn(-c2cccc(S(C)(=O)=O)c2)c2nc(Cl)ccc12. The quantitative estimate of drug-likeness (QED) is 0.362. The second kappa shape index (κ2) is 8.23. The third-order valence-corrected chi connectivity index (χ3v) is 6.38. The summed E-state index contributed by atoms with van der Waals surface area (Å²) in [5, 5.41) is 13.7. The van der Waals surface area contributed by atoms with Crippen molar-refractivity contribution in [1.82, 2.24) is 19.5 Å². The zero-order valence-corrected chi connectivity index (χ0v) is 19.2. The van der Waals surface area contributed by atoms with Gasteiger partial charge in [0, 0.05) is 29.1 Å². The van der Waals surface area contributed by atoms with Gasteiger partial charge in [0.25, 0.3) is 0 Å². The van der Waals surface area contributed by atoms with Crippen LogP contribution in [0.3, 0.4) is 0 Å². The van der Waals surface area contributed by atoms with Crippen molar-refractivity contribution in [2.75, 3.05) is 23.0 Å². The molecule has 10 nitrogen and oxygen atoms in total. The van der Waals surface area contributed by atoms with E-state index in [2.05, 4.69) is 20.3 Å². The minimum absolute atomic E-state index is 0.0202. The highest BCUT2D eigenvalue weighted by molar-refractivity contribution is 7.90. The molecular formula is C21H19ClN8O2S. The van der Waals surface area contributed by atoms with Crippen molar-refractivity contribution in [3.8, 4) is 11.8 Å². The van der Waals surface area contributed by atoms with Gasteiger partial charge in [0.2, 0.25) is 5.95 Å². The molecule has 0 aliphatic carbocycles. The third-order valence-electron chi connectivity index (χ3n) is 5.06. The monoisotopic (exact) mass is 482 g/mol. The van der Waals surface area contributed by atoms with Crippen molar-refractivity contribution in [3.63, 3.8) is 0 Å². The Morgan fingerprint density at radius 2 is 1.94 bits per heavy atom. The van der Waals surface area contributed by atoms with E-state index >= 15 is 0 Å². The molecule has 1 atom stereocenters. The molecule has 0 aliphatic heterocycles. The summed E-state index contributed by atoms with van der Waals surface area (Å²) < 4.78 is 25.9. The van der Waals surface area contributed by atoms with Gasteiger partial charge in [-0.15, -0.1) is 0 Å². The Bertz CT molecular complexity index is 1540. The number of nitrogens with one attached hydrogen (secondary N) is 1. The highest BCUT2D eigenvalue weighted by Crippen LogP contribution is 2.32. The van der Waals surface area contributed by atoms with Gasteiger partial charge in [-0.1, -0.05) is 17.7 Å². The van der Waals surface area contributed by atoms with E-state index in [9.17, 15) is 13.7 Å². The minimum atomic E-state index is -3.40. The summed E-state index contributed by atoms with van der Waals surface area (Å²) in [6, 6.07) is 11.6. The standard InChI is InChI=1S/C21H19ClN8O2S/c1-11(26-19-15(9-23)18(24)28-21(25)29-19)16-10-30(20-14(16)6-7-17(22)27-20)12-4-3-5-13(8-12)33(2,31)32/h3-8,10-11H,1-2H3,(H5,24,25,26,28,29)/t11-/m0/s1. The summed E-state index contributed by atoms with van der Waals surface area (Å²) in [5.74, 6) is 0.125. The van der Waals surface area contributed by atoms with E-state index in [0.717, 1.165) is 17.2 Å². The maximum atomic E-state index is 12.1. The molecule has 4 rings (SSSR count). The lowest BCUT2D eigenvalue weighted by Gasteiger charge is -2.16. The fraction of sp³-hybridized carbons (Fsp3) is 0.143. The summed E-state index contributed by atoms with van der Waals surface area (Å²) >= 11 is 6.16. The van der Waals surface area contributed by atoms with Crippen LogP contribution in [0.4, 0.5) is 17.6 Å². The number of sulfone groups is 1. The molecule has 0 saturated carbocycles. The van der Waals surface area contributed by atoms with E-state index in [-0.39, 0.29) is 39.2 Å². The number of benzene rings is 1. The number of nitriles is 1. The lowest BCUT2D eigenvalue weighted by Crippen LogP contribution is -2.13. The lowest BCUT2D eigenvalue weighted by atomic mass is 10.1. The highest BCUT2D eigenvalue weighted by atomic mass is 35.5. The van der Waals surface area contributed by atoms with Crippen LogP contribution in [0.15, 0.2) is 47.5 Å². The fourth-order valence-electron chi connectivity index (χ4n) is 3.50. The van der Waals surface area contributed by atoms with Gasteiger partial charge < -0.3 is 21.4 Å². The van der Waals surface area contributed by atoms with Gasteiger partial charge in [-0.25, -0.2) is 13.4 Å². The Labute approximate surface area is 194 Å². The number of rotatable bonds is 5. The normalized spacial score (nSPS) is 12.4. The molecule has 4 aromatic rings. The summed E-state index contributed by atoms with van der Waals surface area (Å²) in [6.45, 7) is 1.87. The number of nitrogen functional groups attached to an aromatic ring is 2. The maximum Gasteiger partial charge on any atom is 0.224 e. The second-order valence-electron chi connectivity index (χ2n) is 7.40. The molecule has 3 heterocycles. The van der Waals surface area contributed by atoms with Crippen molar-refractivity contribution < 1.29 is 8.42 Å². The number of pyridine rings is 1. The number of fused-ring (bicyclic) bond motifs is 1. The topological polar surface area (TPSA) is 166 Å². The summed E-state index contributed by atoms with van der Waals surface area (Å²) in [7, 11) is -3.40. The Hall–Kier alpha value is -3.88. The average molecular weight is 483 g/mol. The molecule has 0 saturated heterocycles. The van der Waals surface area contributed by atoms with Gasteiger partial charge in [-0.3, -0.25) is 0 Å². The lowest BCUT2D eigenvalue weighted by molar-refractivity contribution is 0.602. The molecule has 0 spiro atoms. The van der Waals surface area contributed by atoms with Crippen molar-refractivity contribution in [1.29, 1.82) is 5.26 Å². The third kappa shape index (κ3) is 4.26. The molecule has 0 unspecified atom stereocenters. The zero-order valence-electron chi connectivity index (χ0n) is 17.6. The smallest absolute Gasteiger partial charge is 0.224 e. The van der Waals surface area contributed by atoms with Gasteiger partial charge >= 0.3 is 0 Å². The Kier molecular flexibility index (Phi) is 5.57. The number of halogens is 1. The van der Waals surface area contributed by atoms with Crippen LogP contribution in [0.1, 0.15) is 24.1 Å².